The number of hydrogen-bond donors (Lipinski definition) is 2. The van der Waals surface area contributed by atoms with Crippen molar-refractivity contribution in [2.75, 3.05) is 141 Å². The monoisotopic (exact) mass is 1180 g/mol. The smallest absolute Gasteiger partial charge is 0.254 e. The van der Waals surface area contributed by atoms with Crippen LogP contribution in [0.15, 0.2) is 70.3 Å². The van der Waals surface area contributed by atoms with Crippen molar-refractivity contribution >= 4 is 23.2 Å². The molecule has 0 saturated carbocycles. The number of benzene rings is 2. The molecule has 0 radical (unpaired) electrons. The molecule has 4 fully saturated rings. The van der Waals surface area contributed by atoms with Crippen LogP contribution < -0.4 is 31.6 Å². The second-order valence-electron chi connectivity index (χ2n) is 25.8. The van der Waals surface area contributed by atoms with Crippen molar-refractivity contribution in [2.45, 2.75) is 102 Å². The number of morpholine rings is 2. The zero-order chi connectivity index (χ0) is 60.9. The second kappa shape index (κ2) is 27.5. The van der Waals surface area contributed by atoms with E-state index in [0.717, 1.165) is 86.2 Å². The maximum absolute atomic E-state index is 14.4. The molecule has 0 bridgehead atoms. The Bertz CT molecular complexity index is 3110. The van der Waals surface area contributed by atoms with E-state index in [1.165, 1.54) is 24.3 Å². The molecule has 0 aliphatic carbocycles. The zero-order valence-electron chi connectivity index (χ0n) is 51.4. The lowest BCUT2D eigenvalue weighted by atomic mass is 9.90. The van der Waals surface area contributed by atoms with Gasteiger partial charge < -0.3 is 48.5 Å². The van der Waals surface area contributed by atoms with Crippen LogP contribution in [0.1, 0.15) is 75.2 Å². The maximum Gasteiger partial charge on any atom is 0.254 e. The number of carbonyl (C=O) groups excluding carboxylic acids is 2. The number of fused-ring (bicyclic) bond motifs is 2. The minimum atomic E-state index is -0.428. The summed E-state index contributed by atoms with van der Waals surface area (Å²) < 4.78 is 54.9. The number of rotatable bonds is 18. The highest BCUT2D eigenvalue weighted by Gasteiger charge is 2.44. The number of pyridine rings is 2. The topological polar surface area (TPSA) is 159 Å². The first-order valence-electron chi connectivity index (χ1n) is 30.5. The van der Waals surface area contributed by atoms with Crippen LogP contribution >= 0.6 is 0 Å². The van der Waals surface area contributed by atoms with Gasteiger partial charge in [-0.15, -0.1) is 0 Å². The van der Waals surface area contributed by atoms with E-state index in [4.69, 9.17) is 18.9 Å². The van der Waals surface area contributed by atoms with Crippen LogP contribution in [0.3, 0.4) is 0 Å². The van der Waals surface area contributed by atoms with Gasteiger partial charge in [0.15, 0.2) is 0 Å². The minimum absolute atomic E-state index is 0.00000995. The summed E-state index contributed by atoms with van der Waals surface area (Å²) in [5.74, 6) is 11.1. The van der Waals surface area contributed by atoms with Crippen molar-refractivity contribution in [1.29, 1.82) is 0 Å². The van der Waals surface area contributed by atoms with Gasteiger partial charge in [0.1, 0.15) is 24.8 Å². The zero-order valence-corrected chi connectivity index (χ0v) is 51.4. The quantitative estimate of drug-likeness (QED) is 0.111. The SMILES string of the molecule is C[C@@H]1CN(CC(=O)N2CC(C)(C)c3c2cc(Cc2ccc(F)cc2)c(=O)n3C)[C@@H](CN2CCO[C@H](COCC#CC#CCOC[C@@H]3CN(C[C@H]4CN[C@H](C)CN4CC(=O)N4CC(C)(C)c5c4cc(Cc4ccc(F)cc4)c(=O)n5C)CCO3)C2)CN1. The molecule has 4 aromatic rings. The van der Waals surface area contributed by atoms with E-state index in [1.54, 1.807) is 47.5 Å². The number of ether oxygens (including phenoxy) is 4. The van der Waals surface area contributed by atoms with Crippen molar-refractivity contribution < 1.29 is 37.3 Å². The molecule has 2 amide bonds. The Hall–Kier alpha value is -6.14. The van der Waals surface area contributed by atoms with Crippen LogP contribution in [0, 0.1) is 35.3 Å². The van der Waals surface area contributed by atoms with E-state index < -0.39 is 10.8 Å². The van der Waals surface area contributed by atoms with Crippen molar-refractivity contribution in [2.24, 2.45) is 14.1 Å². The lowest BCUT2D eigenvalue weighted by Gasteiger charge is -2.43. The molecule has 6 atom stereocenters. The van der Waals surface area contributed by atoms with Crippen LogP contribution in [-0.4, -0.2) is 208 Å². The molecule has 2 N–H and O–H groups in total. The van der Waals surface area contributed by atoms with E-state index in [2.05, 4.69) is 95.5 Å². The van der Waals surface area contributed by atoms with Crippen molar-refractivity contribution in [3.63, 3.8) is 0 Å². The predicted molar refractivity (Wildman–Crippen MR) is 328 cm³/mol. The van der Waals surface area contributed by atoms with Gasteiger partial charge in [0, 0.05) is 152 Å². The van der Waals surface area contributed by atoms with Gasteiger partial charge in [0.05, 0.1) is 74.5 Å². The summed E-state index contributed by atoms with van der Waals surface area (Å²) >= 11 is 0. The highest BCUT2D eigenvalue weighted by Crippen LogP contribution is 2.42. The fourth-order valence-corrected chi connectivity index (χ4v) is 13.7. The van der Waals surface area contributed by atoms with E-state index >= 15 is 0 Å². The summed E-state index contributed by atoms with van der Waals surface area (Å²) in [6.45, 7) is 23.8. The predicted octanol–water partition coefficient (Wildman–Crippen LogP) is 3.26. The molecule has 2 aromatic heterocycles. The Morgan fingerprint density at radius 1 is 0.616 bits per heavy atom. The summed E-state index contributed by atoms with van der Waals surface area (Å²) in [6, 6.07) is 16.7. The molecule has 10 rings (SSSR count). The molecule has 2 aromatic carbocycles. The summed E-state index contributed by atoms with van der Waals surface area (Å²) in [7, 11) is 3.56. The molecule has 0 spiro atoms. The van der Waals surface area contributed by atoms with E-state index in [9.17, 15) is 28.0 Å². The molecule has 4 saturated heterocycles. The molecule has 6 aliphatic rings. The number of hydrogen-bond acceptors (Lipinski definition) is 14. The van der Waals surface area contributed by atoms with E-state index in [1.807, 2.05) is 21.9 Å². The number of halogens is 2. The number of nitrogens with one attached hydrogen (secondary N) is 2. The van der Waals surface area contributed by atoms with Gasteiger partial charge in [-0.3, -0.25) is 38.8 Å². The number of nitrogens with zero attached hydrogens (tertiary/aromatic N) is 8. The van der Waals surface area contributed by atoms with Gasteiger partial charge in [0.25, 0.3) is 11.1 Å². The third-order valence-corrected chi connectivity index (χ3v) is 17.8. The van der Waals surface area contributed by atoms with Gasteiger partial charge in [-0.1, -0.05) is 63.8 Å². The second-order valence-corrected chi connectivity index (χ2v) is 25.8. The average Bonchev–Trinajstić information content (AvgIpc) is 2.35. The van der Waals surface area contributed by atoms with Gasteiger partial charge in [-0.05, 0) is 73.2 Å². The first kappa shape index (κ1) is 62.9. The highest BCUT2D eigenvalue weighted by atomic mass is 19.1. The molecular formula is C66H86F2N10O8. The van der Waals surface area contributed by atoms with Crippen molar-refractivity contribution in [1.82, 2.24) is 39.4 Å². The molecule has 462 valence electrons. The van der Waals surface area contributed by atoms with Gasteiger partial charge in [-0.2, -0.15) is 0 Å². The first-order valence-corrected chi connectivity index (χ1v) is 30.5. The molecule has 0 unspecified atom stereocenters. The fourth-order valence-electron chi connectivity index (χ4n) is 13.7. The Morgan fingerprint density at radius 2 is 1.01 bits per heavy atom. The van der Waals surface area contributed by atoms with Crippen LogP contribution in [0.25, 0.3) is 0 Å². The van der Waals surface area contributed by atoms with Gasteiger partial charge in [-0.25, -0.2) is 8.78 Å². The molecule has 86 heavy (non-hydrogen) atoms. The van der Waals surface area contributed by atoms with Crippen LogP contribution in [0.5, 0.6) is 0 Å². The Labute approximate surface area is 505 Å². The molecule has 20 heteroatoms. The Kier molecular flexibility index (Phi) is 20.1. The fraction of sp³-hybridized carbons (Fsp3) is 0.576. The summed E-state index contributed by atoms with van der Waals surface area (Å²) in [5, 5.41) is 7.26. The minimum Gasteiger partial charge on any atom is -0.373 e. The lowest BCUT2D eigenvalue weighted by molar-refractivity contribution is -0.122. The Morgan fingerprint density at radius 3 is 1.41 bits per heavy atom. The number of anilines is 2. The number of carbonyl (C=O) groups is 2. The van der Waals surface area contributed by atoms with Gasteiger partial charge >= 0.3 is 0 Å². The molecule has 18 nitrogen and oxygen atoms in total. The van der Waals surface area contributed by atoms with Crippen LogP contribution in [-0.2, 0) is 66.3 Å². The van der Waals surface area contributed by atoms with Crippen LogP contribution in [0.2, 0.25) is 0 Å². The average molecular weight is 1190 g/mol. The number of amides is 2. The third-order valence-electron chi connectivity index (χ3n) is 17.8. The van der Waals surface area contributed by atoms with Crippen LogP contribution in [0.4, 0.5) is 20.2 Å². The molecule has 8 heterocycles. The lowest BCUT2D eigenvalue weighted by Crippen LogP contribution is -2.61. The first-order chi connectivity index (χ1) is 41.2. The van der Waals surface area contributed by atoms with Crippen molar-refractivity contribution in [3.8, 4) is 23.7 Å². The van der Waals surface area contributed by atoms with Crippen molar-refractivity contribution in [3.05, 3.63) is 127 Å². The summed E-state index contributed by atoms with van der Waals surface area (Å²) in [6.07, 6.45) is 0.435. The highest BCUT2D eigenvalue weighted by molar-refractivity contribution is 5.98. The van der Waals surface area contributed by atoms with E-state index in [-0.39, 0.29) is 97.2 Å². The summed E-state index contributed by atoms with van der Waals surface area (Å²) in [5.41, 5.74) is 4.93. The molecule has 6 aliphatic heterocycles. The number of piperazine rings is 2. The molecular weight excluding hydrogens is 1100 g/mol. The number of aromatic nitrogens is 2. The standard InChI is InChI=1S/C66H86F2N10O8/c1-45-33-75(39-59(79)77-43-65(3,4)61-57(77)29-49(63(81)71(61)7)27-47-13-17-51(67)18-14-47)53(31-69-45)35-73-21-25-85-55(37-73)41-83-23-11-9-10-12-24-84-42-56-38-74(22-26-86-56)36-54-32-70-46(2)34-76(54)40-60(80)78-44-66(5,6)62-58(78)30-50(64(82)72(62)8)28-48-15-19-52(68)20-16-48/h13-20,29-30,45-46,53-56,69-70H,21-28,31-44H2,1-8H3/t45-,46-,53-,54-,55+,56+/m1/s1. The van der Waals surface area contributed by atoms with Gasteiger partial charge in [0.2, 0.25) is 11.8 Å². The third kappa shape index (κ3) is 15.0. The van der Waals surface area contributed by atoms with E-state index in [0.29, 0.717) is 76.6 Å². The Balaban J connectivity index is 0.647. The largest absolute Gasteiger partial charge is 0.373 e. The normalized spacial score (nSPS) is 24.2. The maximum atomic E-state index is 14.4. The summed E-state index contributed by atoms with van der Waals surface area (Å²) in [4.78, 5) is 69.2.